The average Bonchev–Trinajstić information content (AvgIpc) is 3.07. The van der Waals surface area contributed by atoms with E-state index in [9.17, 15) is 18.8 Å². The fourth-order valence-electron chi connectivity index (χ4n) is 1.85. The Kier molecular flexibility index (Phi) is 4.35. The molecule has 1 aromatic heterocycles. The molecule has 1 unspecified atom stereocenters. The number of hydrogen-bond donors (Lipinski definition) is 2. The molecule has 0 bridgehead atoms. The summed E-state index contributed by atoms with van der Waals surface area (Å²) in [4.78, 5) is 34.3. The van der Waals surface area contributed by atoms with Crippen LogP contribution < -0.4 is 10.6 Å². The van der Waals surface area contributed by atoms with Crippen LogP contribution in [0.3, 0.4) is 0 Å². The van der Waals surface area contributed by atoms with Crippen molar-refractivity contribution in [3.05, 3.63) is 30.1 Å². The van der Waals surface area contributed by atoms with Gasteiger partial charge in [-0.1, -0.05) is 23.1 Å². The van der Waals surface area contributed by atoms with E-state index in [1.165, 1.54) is 12.1 Å². The monoisotopic (exact) mass is 352 g/mol. The van der Waals surface area contributed by atoms with Crippen molar-refractivity contribution >= 4 is 45.3 Å². The minimum Gasteiger partial charge on any atom is -0.300 e. The predicted molar refractivity (Wildman–Crippen MR) is 83.5 cm³/mol. The van der Waals surface area contributed by atoms with Gasteiger partial charge >= 0.3 is 0 Å². The molecule has 23 heavy (non-hydrogen) atoms. The summed E-state index contributed by atoms with van der Waals surface area (Å²) in [6, 6.07) is 5.74. The number of imide groups is 1. The molecule has 118 valence electrons. The van der Waals surface area contributed by atoms with Crippen LogP contribution in [0.15, 0.2) is 24.3 Å². The van der Waals surface area contributed by atoms with Crippen LogP contribution in [-0.2, 0) is 9.59 Å². The second-order valence-corrected chi connectivity index (χ2v) is 6.71. The summed E-state index contributed by atoms with van der Waals surface area (Å²) in [6.45, 7) is 0. The van der Waals surface area contributed by atoms with Gasteiger partial charge in [0.2, 0.25) is 16.9 Å². The van der Waals surface area contributed by atoms with Gasteiger partial charge in [-0.05, 0) is 24.3 Å². The molecule has 1 fully saturated rings. The molecule has 3 amide bonds. The quantitative estimate of drug-likeness (QED) is 0.873. The van der Waals surface area contributed by atoms with Gasteiger partial charge in [0.15, 0.2) is 0 Å². The molecule has 1 aliphatic rings. The number of anilines is 1. The molecule has 0 saturated carbocycles. The van der Waals surface area contributed by atoms with Gasteiger partial charge in [0, 0.05) is 12.0 Å². The lowest BCUT2D eigenvalue weighted by Gasteiger charge is -2.03. The summed E-state index contributed by atoms with van der Waals surface area (Å²) in [6.07, 6.45) is -0.131. The van der Waals surface area contributed by atoms with Crippen LogP contribution in [-0.4, -0.2) is 32.5 Å². The SMILES string of the molecule is O=C(CC1SC(=O)NC1=O)Nc1nnc(-c2ccc(F)cc2)s1. The first kappa shape index (κ1) is 15.6. The van der Waals surface area contributed by atoms with Gasteiger partial charge in [-0.3, -0.25) is 19.7 Å². The lowest BCUT2D eigenvalue weighted by atomic mass is 10.2. The Morgan fingerprint density at radius 2 is 2.00 bits per heavy atom. The molecule has 2 N–H and O–H groups in total. The summed E-state index contributed by atoms with van der Waals surface area (Å²) in [5, 5.41) is 12.0. The van der Waals surface area contributed by atoms with E-state index < -0.39 is 22.3 Å². The topological polar surface area (TPSA) is 101 Å². The third-order valence-electron chi connectivity index (χ3n) is 2.90. The molecule has 7 nitrogen and oxygen atoms in total. The van der Waals surface area contributed by atoms with E-state index in [-0.39, 0.29) is 17.4 Å². The first-order chi connectivity index (χ1) is 11.0. The van der Waals surface area contributed by atoms with Crippen LogP contribution >= 0.6 is 23.1 Å². The van der Waals surface area contributed by atoms with Crippen molar-refractivity contribution in [3.8, 4) is 10.6 Å². The number of hydrogen-bond acceptors (Lipinski definition) is 7. The van der Waals surface area contributed by atoms with Crippen molar-refractivity contribution in [1.82, 2.24) is 15.5 Å². The predicted octanol–water partition coefficient (Wildman–Crippen LogP) is 2.02. The van der Waals surface area contributed by atoms with Gasteiger partial charge in [0.05, 0.1) is 0 Å². The Bertz CT molecular complexity index is 778. The van der Waals surface area contributed by atoms with Gasteiger partial charge in [-0.15, -0.1) is 10.2 Å². The molecule has 2 heterocycles. The number of thioether (sulfide) groups is 1. The van der Waals surface area contributed by atoms with E-state index in [1.807, 2.05) is 0 Å². The smallest absolute Gasteiger partial charge is 0.286 e. The Hall–Kier alpha value is -2.33. The zero-order chi connectivity index (χ0) is 16.4. The molecule has 0 aliphatic carbocycles. The number of carbonyl (C=O) groups is 3. The highest BCUT2D eigenvalue weighted by molar-refractivity contribution is 8.15. The van der Waals surface area contributed by atoms with Crippen molar-refractivity contribution in [2.24, 2.45) is 0 Å². The second kappa shape index (κ2) is 6.42. The van der Waals surface area contributed by atoms with Crippen LogP contribution in [0.2, 0.25) is 0 Å². The molecule has 3 rings (SSSR count). The highest BCUT2D eigenvalue weighted by Gasteiger charge is 2.33. The van der Waals surface area contributed by atoms with E-state index in [4.69, 9.17) is 0 Å². The maximum absolute atomic E-state index is 12.9. The Balaban J connectivity index is 1.62. The van der Waals surface area contributed by atoms with Crippen molar-refractivity contribution < 1.29 is 18.8 Å². The summed E-state index contributed by atoms with van der Waals surface area (Å²) < 4.78 is 12.9. The summed E-state index contributed by atoms with van der Waals surface area (Å²) >= 11 is 1.92. The largest absolute Gasteiger partial charge is 0.300 e. The van der Waals surface area contributed by atoms with Crippen LogP contribution in [0, 0.1) is 5.82 Å². The Labute approximate surface area is 137 Å². The summed E-state index contributed by atoms with van der Waals surface area (Å²) in [7, 11) is 0. The first-order valence-electron chi connectivity index (χ1n) is 6.42. The molecular formula is C13H9FN4O3S2. The minimum atomic E-state index is -0.730. The number of amides is 3. The number of nitrogens with zero attached hydrogens (tertiary/aromatic N) is 2. The molecule has 1 aromatic carbocycles. The lowest BCUT2D eigenvalue weighted by molar-refractivity contribution is -0.122. The molecule has 1 atom stereocenters. The number of nitrogens with one attached hydrogen (secondary N) is 2. The highest BCUT2D eigenvalue weighted by atomic mass is 32.2. The minimum absolute atomic E-state index is 0.131. The lowest BCUT2D eigenvalue weighted by Crippen LogP contribution is -2.27. The van der Waals surface area contributed by atoms with Crippen molar-refractivity contribution in [2.75, 3.05) is 5.32 Å². The zero-order valence-corrected chi connectivity index (χ0v) is 13.0. The fraction of sp³-hybridized carbons (Fsp3) is 0.154. The maximum atomic E-state index is 12.9. The van der Waals surface area contributed by atoms with Crippen LogP contribution in [0.5, 0.6) is 0 Å². The van der Waals surface area contributed by atoms with Gasteiger partial charge in [-0.25, -0.2) is 4.39 Å². The molecule has 1 aliphatic heterocycles. The van der Waals surface area contributed by atoms with Gasteiger partial charge in [0.1, 0.15) is 16.1 Å². The molecule has 2 aromatic rings. The van der Waals surface area contributed by atoms with E-state index in [1.54, 1.807) is 12.1 Å². The summed E-state index contributed by atoms with van der Waals surface area (Å²) in [5.74, 6) is -1.26. The number of carbonyl (C=O) groups excluding carboxylic acids is 3. The molecule has 0 radical (unpaired) electrons. The third-order valence-corrected chi connectivity index (χ3v) is 4.77. The normalized spacial score (nSPS) is 17.2. The summed E-state index contributed by atoms with van der Waals surface area (Å²) in [5.41, 5.74) is 0.681. The van der Waals surface area contributed by atoms with Gasteiger partial charge in [-0.2, -0.15) is 0 Å². The number of benzene rings is 1. The van der Waals surface area contributed by atoms with Crippen molar-refractivity contribution in [2.45, 2.75) is 11.7 Å². The third kappa shape index (κ3) is 3.71. The molecule has 10 heteroatoms. The van der Waals surface area contributed by atoms with E-state index in [2.05, 4.69) is 20.8 Å². The average molecular weight is 352 g/mol. The Morgan fingerprint density at radius 3 is 2.65 bits per heavy atom. The molecule has 1 saturated heterocycles. The number of halogens is 1. The molecular weight excluding hydrogens is 343 g/mol. The maximum Gasteiger partial charge on any atom is 0.286 e. The van der Waals surface area contributed by atoms with Crippen LogP contribution in [0.4, 0.5) is 14.3 Å². The van der Waals surface area contributed by atoms with Gasteiger partial charge in [0.25, 0.3) is 5.24 Å². The number of aromatic nitrogens is 2. The van der Waals surface area contributed by atoms with Gasteiger partial charge < -0.3 is 5.32 Å². The van der Waals surface area contributed by atoms with E-state index in [0.717, 1.165) is 23.1 Å². The first-order valence-corrected chi connectivity index (χ1v) is 8.11. The highest BCUT2D eigenvalue weighted by Crippen LogP contribution is 2.27. The zero-order valence-electron chi connectivity index (χ0n) is 11.4. The Morgan fingerprint density at radius 1 is 1.26 bits per heavy atom. The second-order valence-electron chi connectivity index (χ2n) is 4.55. The van der Waals surface area contributed by atoms with Crippen LogP contribution in [0.1, 0.15) is 6.42 Å². The van der Waals surface area contributed by atoms with Crippen molar-refractivity contribution in [3.63, 3.8) is 0 Å². The number of rotatable bonds is 4. The van der Waals surface area contributed by atoms with Crippen LogP contribution in [0.25, 0.3) is 10.6 Å². The fourth-order valence-corrected chi connectivity index (χ4v) is 3.43. The van der Waals surface area contributed by atoms with E-state index in [0.29, 0.717) is 10.6 Å². The van der Waals surface area contributed by atoms with Crippen molar-refractivity contribution in [1.29, 1.82) is 0 Å². The molecule has 0 spiro atoms. The van der Waals surface area contributed by atoms with E-state index >= 15 is 0 Å². The standard InChI is InChI=1S/C13H9FN4O3S2/c14-7-3-1-6(2-4-7)11-17-18-12(23-11)15-9(19)5-8-10(20)16-13(21)22-8/h1-4,8H,5H2,(H,15,18,19)(H,16,20,21).